The summed E-state index contributed by atoms with van der Waals surface area (Å²) in [7, 11) is 2.61. The summed E-state index contributed by atoms with van der Waals surface area (Å²) in [6, 6.07) is 11.3. The molecule has 0 fully saturated rings. The van der Waals surface area contributed by atoms with E-state index in [4.69, 9.17) is 23.7 Å². The first-order valence-electron chi connectivity index (χ1n) is 7.12. The Bertz CT molecular complexity index is 914. The van der Waals surface area contributed by atoms with Crippen molar-refractivity contribution >= 4 is 49.5 Å². The van der Waals surface area contributed by atoms with Crippen molar-refractivity contribution in [1.82, 2.24) is 0 Å². The average Bonchev–Trinajstić information content (AvgIpc) is 2.73. The fourth-order valence-electron chi connectivity index (χ4n) is 1.77. The molecule has 0 aromatic heterocycles. The van der Waals surface area contributed by atoms with E-state index in [0.717, 1.165) is 8.95 Å². The molecule has 0 saturated heterocycles. The van der Waals surface area contributed by atoms with Gasteiger partial charge in [0.05, 0.1) is 38.0 Å². The van der Waals surface area contributed by atoms with Gasteiger partial charge >= 0.3 is 29.0 Å². The number of methoxy groups -OCH3 is 2. The molecule has 0 heterocycles. The van der Waals surface area contributed by atoms with Gasteiger partial charge in [0, 0.05) is 14.5 Å². The predicted molar refractivity (Wildman–Crippen MR) is 107 cm³/mol. The predicted octanol–water partition coefficient (Wildman–Crippen LogP) is 4.99. The van der Waals surface area contributed by atoms with Crippen LogP contribution in [0.2, 0.25) is 0 Å². The Balaban J connectivity index is 0. The Labute approximate surface area is 195 Å². The molecule has 7 nitrogen and oxygen atoms in total. The van der Waals surface area contributed by atoms with E-state index in [0.29, 0.717) is 5.56 Å². The average molecular weight is 570 g/mol. The van der Waals surface area contributed by atoms with Crippen molar-refractivity contribution in [1.29, 1.82) is 10.5 Å². The molecule has 2 aromatic carbocycles. The number of halogens is 2. The van der Waals surface area contributed by atoms with Crippen molar-refractivity contribution in [2.75, 3.05) is 14.2 Å². The topological polar surface area (TPSA) is 105 Å². The third kappa shape index (κ3) is 9.89. The molecular formula is C19H12Br2CuN3O4. The van der Waals surface area contributed by atoms with Crippen LogP contribution in [0.25, 0.3) is 4.85 Å². The smallest absolute Gasteiger partial charge is 0.512 e. The number of hydrogen-bond donors (Lipinski definition) is 0. The van der Waals surface area contributed by atoms with E-state index in [9.17, 15) is 9.59 Å². The van der Waals surface area contributed by atoms with E-state index in [-0.39, 0.29) is 39.9 Å². The molecule has 29 heavy (non-hydrogen) atoms. The number of hydrogen-bond acceptors (Lipinski definition) is 6. The van der Waals surface area contributed by atoms with E-state index in [1.54, 1.807) is 12.1 Å². The van der Waals surface area contributed by atoms with Crippen LogP contribution in [0.1, 0.15) is 26.3 Å². The molecule has 0 radical (unpaired) electrons. The minimum absolute atomic E-state index is 0. The Morgan fingerprint density at radius 1 is 0.931 bits per heavy atom. The molecule has 10 heteroatoms. The van der Waals surface area contributed by atoms with Gasteiger partial charge in [0.15, 0.2) is 5.69 Å². The number of esters is 2. The van der Waals surface area contributed by atoms with Crippen molar-refractivity contribution < 1.29 is 36.1 Å². The molecule has 152 valence electrons. The van der Waals surface area contributed by atoms with Gasteiger partial charge in [0.25, 0.3) is 0 Å². The summed E-state index contributed by atoms with van der Waals surface area (Å²) >= 11 is 6.55. The summed E-state index contributed by atoms with van der Waals surface area (Å²) in [4.78, 5) is 25.3. The van der Waals surface area contributed by atoms with Crippen LogP contribution in [0, 0.1) is 29.7 Å². The molecule has 0 aliphatic carbocycles. The Hall–Kier alpha value is -2.67. The Kier molecular flexibility index (Phi) is 15.0. The van der Waals surface area contributed by atoms with Crippen LogP contribution >= 0.6 is 31.9 Å². The SMILES string of the molecule is COC(=O)c1cc(Br)cc(Br)c1.[C-]#N.[C-]#[N+]c1cc(C#N)cc(C(=O)OC)c1.[Cu+]. The largest absolute Gasteiger partial charge is 1.00 e. The molecule has 0 atom stereocenters. The molecule has 0 saturated carbocycles. The molecule has 2 aromatic rings. The van der Waals surface area contributed by atoms with Gasteiger partial charge in [0.2, 0.25) is 0 Å². The number of benzene rings is 2. The molecule has 0 bridgehead atoms. The number of ether oxygens (including phenoxy) is 2. The molecule has 0 aliphatic heterocycles. The normalized spacial score (nSPS) is 8.14. The van der Waals surface area contributed by atoms with Crippen LogP contribution < -0.4 is 0 Å². The zero-order valence-electron chi connectivity index (χ0n) is 15.0. The van der Waals surface area contributed by atoms with Crippen molar-refractivity contribution in [2.45, 2.75) is 0 Å². The van der Waals surface area contributed by atoms with E-state index in [2.05, 4.69) is 46.2 Å². The Morgan fingerprint density at radius 3 is 1.76 bits per heavy atom. The van der Waals surface area contributed by atoms with Crippen molar-refractivity contribution in [3.63, 3.8) is 0 Å². The summed E-state index contributed by atoms with van der Waals surface area (Å²) in [5.74, 6) is -0.885. The molecule has 0 aliphatic rings. The Morgan fingerprint density at radius 2 is 1.38 bits per heavy atom. The summed E-state index contributed by atoms with van der Waals surface area (Å²) in [5, 5.41) is 14.9. The third-order valence-corrected chi connectivity index (χ3v) is 3.80. The zero-order valence-corrected chi connectivity index (χ0v) is 19.1. The standard InChI is InChI=1S/C10H6N2O2.C8H6Br2O2.CN.Cu/c1-12-9-4-7(6-11)3-8(5-9)10(13)14-2;1-12-8(11)5-2-6(9)4-7(10)3-5;1-2;/h3-5H,2H3;2-4H,1H3;;/q;;-1;+1. The quantitative estimate of drug-likeness (QED) is 0.287. The summed E-state index contributed by atoms with van der Waals surface area (Å²) in [5.41, 5.74) is 1.28. The number of rotatable bonds is 2. The van der Waals surface area contributed by atoms with E-state index in [1.165, 1.54) is 32.4 Å². The van der Waals surface area contributed by atoms with Crippen molar-refractivity contribution in [2.24, 2.45) is 0 Å². The molecule has 0 N–H and O–H groups in total. The van der Waals surface area contributed by atoms with Gasteiger partial charge in [-0.25, -0.2) is 14.4 Å². The maximum absolute atomic E-state index is 11.1. The van der Waals surface area contributed by atoms with Crippen molar-refractivity contribution in [3.05, 3.63) is 80.0 Å². The maximum atomic E-state index is 11.1. The van der Waals surface area contributed by atoms with Gasteiger partial charge in [0.1, 0.15) is 0 Å². The molecule has 0 unspecified atom stereocenters. The number of nitrogens with zero attached hydrogens (tertiary/aromatic N) is 3. The van der Waals surface area contributed by atoms with Crippen LogP contribution in [0.15, 0.2) is 45.3 Å². The second-order valence-corrected chi connectivity index (χ2v) is 6.46. The first kappa shape index (κ1) is 28.5. The van der Waals surface area contributed by atoms with E-state index < -0.39 is 5.97 Å². The van der Waals surface area contributed by atoms with Crippen LogP contribution in [0.4, 0.5) is 5.69 Å². The van der Waals surface area contributed by atoms with Crippen LogP contribution in [0.3, 0.4) is 0 Å². The fourth-order valence-corrected chi connectivity index (χ4v) is 3.06. The second-order valence-electron chi connectivity index (χ2n) is 4.63. The second kappa shape index (κ2) is 15.3. The van der Waals surface area contributed by atoms with Gasteiger partial charge in [-0.3, -0.25) is 0 Å². The molecule has 0 amide bonds. The minimum Gasteiger partial charge on any atom is -0.512 e. The van der Waals surface area contributed by atoms with Crippen LogP contribution in [-0.2, 0) is 26.5 Å². The first-order valence-corrected chi connectivity index (χ1v) is 8.71. The van der Waals surface area contributed by atoms with Crippen LogP contribution in [0.5, 0.6) is 0 Å². The summed E-state index contributed by atoms with van der Waals surface area (Å²) in [6.45, 7) is 11.5. The summed E-state index contributed by atoms with van der Waals surface area (Å²) < 4.78 is 10.7. The van der Waals surface area contributed by atoms with E-state index in [1.807, 2.05) is 12.1 Å². The number of carbonyl (C=O) groups excluding carboxylic acids is 2. The van der Waals surface area contributed by atoms with Gasteiger partial charge in [-0.2, -0.15) is 5.26 Å². The monoisotopic (exact) mass is 567 g/mol. The van der Waals surface area contributed by atoms with E-state index >= 15 is 0 Å². The fraction of sp³-hybridized carbons (Fsp3) is 0.105. The van der Waals surface area contributed by atoms with Gasteiger partial charge in [-0.05, 0) is 36.4 Å². The summed E-state index contributed by atoms with van der Waals surface area (Å²) in [6.07, 6.45) is 0. The molecule has 0 spiro atoms. The maximum Gasteiger partial charge on any atom is 1.00 e. The van der Waals surface area contributed by atoms with Gasteiger partial charge in [-0.1, -0.05) is 31.9 Å². The minimum atomic E-state index is -0.549. The first-order chi connectivity index (χ1) is 13.3. The number of nitriles is 1. The molecular weight excluding hydrogens is 558 g/mol. The van der Waals surface area contributed by atoms with Crippen LogP contribution in [-0.4, -0.2) is 26.2 Å². The zero-order chi connectivity index (χ0) is 21.7. The van der Waals surface area contributed by atoms with Crippen molar-refractivity contribution in [3.8, 4) is 6.07 Å². The third-order valence-electron chi connectivity index (χ3n) is 2.88. The van der Waals surface area contributed by atoms with Gasteiger partial charge in [-0.15, -0.1) is 0 Å². The van der Waals surface area contributed by atoms with Gasteiger partial charge < -0.3 is 21.3 Å². The molecule has 2 rings (SSSR count). The number of carbonyl (C=O) groups is 2.